The third-order valence-electron chi connectivity index (χ3n) is 9.45. The summed E-state index contributed by atoms with van der Waals surface area (Å²) in [6.45, 7) is 1.30. The van der Waals surface area contributed by atoms with Gasteiger partial charge in [-0.05, 0) is 60.8 Å². The van der Waals surface area contributed by atoms with Crippen molar-refractivity contribution in [3.8, 4) is 0 Å². The van der Waals surface area contributed by atoms with Crippen molar-refractivity contribution in [3.63, 3.8) is 0 Å². The molecule has 2 aromatic rings. The number of nitrogens with zero attached hydrogens (tertiary/aromatic N) is 2. The van der Waals surface area contributed by atoms with Crippen molar-refractivity contribution in [2.45, 2.75) is 69.6 Å². The normalized spacial score (nSPS) is 23.2. The first-order valence-corrected chi connectivity index (χ1v) is 14.6. The Bertz CT molecular complexity index is 1470. The number of hydrogen-bond acceptors (Lipinski definition) is 6. The number of benzene rings is 2. The largest absolute Gasteiger partial charge is 0.395 e. The Morgan fingerprint density at radius 3 is 2.50 bits per heavy atom. The van der Waals surface area contributed by atoms with Gasteiger partial charge in [-0.1, -0.05) is 24.6 Å². The summed E-state index contributed by atoms with van der Waals surface area (Å²) in [6.07, 6.45) is 2.38. The third kappa shape index (κ3) is 4.97. The summed E-state index contributed by atoms with van der Waals surface area (Å²) in [4.78, 5) is 41.1. The van der Waals surface area contributed by atoms with Gasteiger partial charge in [-0.3, -0.25) is 24.6 Å². The van der Waals surface area contributed by atoms with Gasteiger partial charge in [-0.25, -0.2) is 0 Å². The summed E-state index contributed by atoms with van der Waals surface area (Å²) in [6, 6.07) is 8.58. The molecule has 1 atom stereocenters. The predicted molar refractivity (Wildman–Crippen MR) is 152 cm³/mol. The molecule has 3 N–H and O–H groups in total. The first-order chi connectivity index (χ1) is 20.1. The Hall–Kier alpha value is -3.73. The lowest BCUT2D eigenvalue weighted by molar-refractivity contribution is -0.256. The third-order valence-corrected chi connectivity index (χ3v) is 9.45. The van der Waals surface area contributed by atoms with Gasteiger partial charge in [0.2, 0.25) is 11.8 Å². The highest BCUT2D eigenvalue weighted by Crippen LogP contribution is 2.53. The summed E-state index contributed by atoms with van der Waals surface area (Å²) in [5.41, 5.74) is 1.27. The number of allylic oxidation sites excluding steroid dienone is 1. The molecule has 4 aliphatic rings. The molecular formula is C31H34F3N5O3. The van der Waals surface area contributed by atoms with Gasteiger partial charge in [0.05, 0.1) is 11.1 Å². The van der Waals surface area contributed by atoms with E-state index in [1.807, 2.05) is 35.4 Å². The van der Waals surface area contributed by atoms with Crippen molar-refractivity contribution in [2.75, 3.05) is 24.5 Å². The molecule has 6 rings (SSSR count). The molecule has 11 heteroatoms. The van der Waals surface area contributed by atoms with E-state index in [4.69, 9.17) is 5.41 Å². The van der Waals surface area contributed by atoms with Crippen LogP contribution in [0.1, 0.15) is 60.9 Å². The molecule has 0 aromatic heterocycles. The van der Waals surface area contributed by atoms with E-state index < -0.39 is 23.5 Å². The lowest BCUT2D eigenvalue weighted by Gasteiger charge is -2.47. The topological polar surface area (TPSA) is 106 Å². The van der Waals surface area contributed by atoms with Gasteiger partial charge in [0, 0.05) is 61.9 Å². The molecule has 3 aliphatic heterocycles. The molecule has 0 spiro atoms. The Morgan fingerprint density at radius 1 is 1.10 bits per heavy atom. The number of imide groups is 1. The molecule has 3 amide bonds. The van der Waals surface area contributed by atoms with Crippen molar-refractivity contribution in [2.24, 2.45) is 5.41 Å². The average Bonchev–Trinajstić information content (AvgIpc) is 3.22. The molecule has 2 saturated heterocycles. The van der Waals surface area contributed by atoms with Crippen LogP contribution in [0, 0.1) is 10.8 Å². The molecule has 1 saturated carbocycles. The number of carbonyl (C=O) groups is 3. The lowest BCUT2D eigenvalue weighted by atomic mass is 9.67. The molecule has 2 aromatic carbocycles. The molecule has 1 aliphatic carbocycles. The van der Waals surface area contributed by atoms with Crippen molar-refractivity contribution >= 4 is 40.4 Å². The molecule has 0 radical (unpaired) electrons. The monoisotopic (exact) mass is 581 g/mol. The zero-order valence-corrected chi connectivity index (χ0v) is 23.2. The Kier molecular flexibility index (Phi) is 7.32. The molecule has 8 nitrogen and oxygen atoms in total. The Morgan fingerprint density at radius 2 is 1.86 bits per heavy atom. The van der Waals surface area contributed by atoms with E-state index in [0.29, 0.717) is 37.2 Å². The van der Waals surface area contributed by atoms with E-state index in [0.717, 1.165) is 34.8 Å². The summed E-state index contributed by atoms with van der Waals surface area (Å²) in [7, 11) is 0. The van der Waals surface area contributed by atoms with Crippen molar-refractivity contribution in [1.82, 2.24) is 15.5 Å². The Balaban J connectivity index is 1.13. The van der Waals surface area contributed by atoms with Crippen molar-refractivity contribution in [1.29, 1.82) is 5.41 Å². The molecule has 42 heavy (non-hydrogen) atoms. The lowest BCUT2D eigenvalue weighted by Crippen LogP contribution is -2.54. The average molecular weight is 582 g/mol. The fourth-order valence-electron chi connectivity index (χ4n) is 6.87. The van der Waals surface area contributed by atoms with Crippen molar-refractivity contribution in [3.05, 3.63) is 53.2 Å². The smallest absolute Gasteiger partial charge is 0.388 e. The number of anilines is 1. The van der Waals surface area contributed by atoms with Gasteiger partial charge in [0.25, 0.3) is 5.91 Å². The van der Waals surface area contributed by atoms with E-state index in [1.165, 1.54) is 11.1 Å². The van der Waals surface area contributed by atoms with Crippen LogP contribution in [0.3, 0.4) is 0 Å². The fourth-order valence-corrected chi connectivity index (χ4v) is 6.87. The maximum Gasteiger partial charge on any atom is 0.395 e. The van der Waals surface area contributed by atoms with E-state index in [-0.39, 0.29) is 50.1 Å². The number of likely N-dealkylation sites (tertiary alicyclic amines) is 1. The standard InChI is InChI=1S/C31H34F3N5O3/c32-31(33,34)30(11-2-12-30)18-38-13-9-21(10-14-38)36-17-19(16-35)15-20-5-6-24-27-22(20)3-1-4-23(27)29(42)39(24)25-7-8-26(40)37-28(25)41/h1,3-6,16-17,21,25,35-36H,2,7-15,18H2,(H,37,40,41)/b19-17-,35-16?. The van der Waals surface area contributed by atoms with Gasteiger partial charge < -0.3 is 15.6 Å². The minimum Gasteiger partial charge on any atom is -0.388 e. The molecule has 222 valence electrons. The number of amides is 3. The highest BCUT2D eigenvalue weighted by atomic mass is 19.4. The van der Waals surface area contributed by atoms with Crippen LogP contribution in [0.2, 0.25) is 0 Å². The molecule has 0 bridgehead atoms. The van der Waals surface area contributed by atoms with Gasteiger partial charge >= 0.3 is 6.18 Å². The van der Waals surface area contributed by atoms with E-state index >= 15 is 0 Å². The molecule has 3 fully saturated rings. The van der Waals surface area contributed by atoms with E-state index in [2.05, 4.69) is 10.6 Å². The van der Waals surface area contributed by atoms with Crippen molar-refractivity contribution < 1.29 is 27.6 Å². The van der Waals surface area contributed by atoms with Gasteiger partial charge in [-0.15, -0.1) is 0 Å². The number of alkyl halides is 3. The summed E-state index contributed by atoms with van der Waals surface area (Å²) in [5, 5.41) is 15.4. The van der Waals surface area contributed by atoms with Crippen LogP contribution in [0.4, 0.5) is 18.9 Å². The second kappa shape index (κ2) is 10.8. The highest BCUT2D eigenvalue weighted by molar-refractivity contribution is 6.27. The number of halogens is 3. The van der Waals surface area contributed by atoms with Crippen LogP contribution in [0.25, 0.3) is 10.8 Å². The highest BCUT2D eigenvalue weighted by Gasteiger charge is 2.58. The number of nitrogens with one attached hydrogen (secondary N) is 3. The number of carbonyl (C=O) groups excluding carboxylic acids is 3. The molecule has 1 unspecified atom stereocenters. The predicted octanol–water partition coefficient (Wildman–Crippen LogP) is 4.47. The summed E-state index contributed by atoms with van der Waals surface area (Å²) < 4.78 is 40.8. The fraction of sp³-hybridized carbons (Fsp3) is 0.484. The van der Waals surface area contributed by atoms with Gasteiger partial charge in [0.1, 0.15) is 6.04 Å². The minimum atomic E-state index is -4.15. The van der Waals surface area contributed by atoms with Crippen LogP contribution < -0.4 is 15.5 Å². The van der Waals surface area contributed by atoms with Crippen LogP contribution >= 0.6 is 0 Å². The van der Waals surface area contributed by atoms with E-state index in [9.17, 15) is 27.6 Å². The van der Waals surface area contributed by atoms with E-state index in [1.54, 1.807) is 6.07 Å². The summed E-state index contributed by atoms with van der Waals surface area (Å²) in [5.74, 6) is -1.08. The van der Waals surface area contributed by atoms with Gasteiger partial charge in [-0.2, -0.15) is 13.2 Å². The second-order valence-electron chi connectivity index (χ2n) is 12.0. The quantitative estimate of drug-likeness (QED) is 0.315. The number of piperidine rings is 2. The summed E-state index contributed by atoms with van der Waals surface area (Å²) >= 11 is 0. The van der Waals surface area contributed by atoms with Crippen LogP contribution in [-0.4, -0.2) is 66.7 Å². The SMILES string of the molecule is N=C/C(=C\NC1CCN(CC2(C(F)(F)F)CCC2)CC1)Cc1ccc2c3c(cccc13)C(=O)N2C1CCC(=O)NC1=O. The first kappa shape index (κ1) is 28.4. The van der Waals surface area contributed by atoms with Gasteiger partial charge in [0.15, 0.2) is 0 Å². The second-order valence-corrected chi connectivity index (χ2v) is 12.0. The van der Waals surface area contributed by atoms with Crippen LogP contribution in [0.15, 0.2) is 42.1 Å². The maximum absolute atomic E-state index is 13.6. The number of hydrogen-bond donors (Lipinski definition) is 3. The molecular weight excluding hydrogens is 547 g/mol. The minimum absolute atomic E-state index is 0.0827. The zero-order valence-electron chi connectivity index (χ0n) is 23.2. The van der Waals surface area contributed by atoms with Crippen LogP contribution in [-0.2, 0) is 16.0 Å². The molecule has 3 heterocycles. The first-order valence-electron chi connectivity index (χ1n) is 14.6. The van der Waals surface area contributed by atoms with Crippen LogP contribution in [0.5, 0.6) is 0 Å². The Labute approximate surface area is 241 Å². The zero-order chi connectivity index (χ0) is 29.6. The number of rotatable bonds is 8. The maximum atomic E-state index is 13.6.